The van der Waals surface area contributed by atoms with Gasteiger partial charge in [0.05, 0.1) is 17.5 Å². The molecule has 3 rings (SSSR count). The average molecular weight is 294 g/mol. The molecule has 6 heteroatoms. The van der Waals surface area contributed by atoms with Gasteiger partial charge in [-0.15, -0.1) is 11.3 Å². The number of aliphatic hydroxyl groups is 1. The van der Waals surface area contributed by atoms with Crippen LogP contribution in [0.1, 0.15) is 33.0 Å². The molecule has 2 amide bonds. The highest BCUT2D eigenvalue weighted by Gasteiger charge is 2.28. The molecule has 0 unspecified atom stereocenters. The number of aliphatic hydroxyl groups excluding tert-OH is 1. The fourth-order valence-electron chi connectivity index (χ4n) is 2.62. The first kappa shape index (κ1) is 13.6. The number of rotatable bonds is 3. The van der Waals surface area contributed by atoms with Crippen LogP contribution in [-0.4, -0.2) is 47.6 Å². The Hall–Kier alpha value is -1.40. The number of β-amino-alcohol motifs (C(OH)–C–C–N with tert-alkyl or cyclic N) is 1. The van der Waals surface area contributed by atoms with Crippen molar-refractivity contribution >= 4 is 23.2 Å². The van der Waals surface area contributed by atoms with E-state index in [9.17, 15) is 9.59 Å². The summed E-state index contributed by atoms with van der Waals surface area (Å²) >= 11 is 1.55. The first-order valence-electron chi connectivity index (χ1n) is 6.99. The van der Waals surface area contributed by atoms with Gasteiger partial charge in [-0.2, -0.15) is 0 Å². The Balaban J connectivity index is 1.54. The Morgan fingerprint density at radius 3 is 2.80 bits per heavy atom. The fourth-order valence-corrected chi connectivity index (χ4v) is 3.79. The summed E-state index contributed by atoms with van der Waals surface area (Å²) in [5.41, 5.74) is 1.29. The van der Waals surface area contributed by atoms with Gasteiger partial charge in [0.25, 0.3) is 5.91 Å². The number of carbonyl (C=O) groups excluding carboxylic acids is 2. The van der Waals surface area contributed by atoms with Crippen molar-refractivity contribution in [2.75, 3.05) is 19.6 Å². The molecule has 2 aliphatic rings. The monoisotopic (exact) mass is 294 g/mol. The Kier molecular flexibility index (Phi) is 3.76. The Bertz CT molecular complexity index is 511. The third-order valence-corrected chi connectivity index (χ3v) is 5.07. The Morgan fingerprint density at radius 2 is 2.10 bits per heavy atom. The summed E-state index contributed by atoms with van der Waals surface area (Å²) in [7, 11) is 0. The van der Waals surface area contributed by atoms with E-state index in [0.29, 0.717) is 18.0 Å². The highest BCUT2D eigenvalue weighted by Crippen LogP contribution is 2.29. The number of nitrogens with one attached hydrogen (secondary N) is 1. The molecular formula is C14H18N2O3S. The van der Waals surface area contributed by atoms with Gasteiger partial charge in [-0.25, -0.2) is 0 Å². The van der Waals surface area contributed by atoms with E-state index in [4.69, 9.17) is 5.11 Å². The van der Waals surface area contributed by atoms with Gasteiger partial charge >= 0.3 is 0 Å². The lowest BCUT2D eigenvalue weighted by molar-refractivity contribution is -0.140. The van der Waals surface area contributed by atoms with E-state index in [1.165, 1.54) is 23.3 Å². The molecule has 1 saturated heterocycles. The van der Waals surface area contributed by atoms with Gasteiger partial charge in [-0.3, -0.25) is 9.59 Å². The molecule has 0 bridgehead atoms. The Morgan fingerprint density at radius 1 is 1.35 bits per heavy atom. The van der Waals surface area contributed by atoms with E-state index < -0.39 is 6.10 Å². The second kappa shape index (κ2) is 5.54. The number of carbonyl (C=O) groups is 2. The van der Waals surface area contributed by atoms with Gasteiger partial charge < -0.3 is 15.3 Å². The maximum absolute atomic E-state index is 12.0. The van der Waals surface area contributed by atoms with Crippen LogP contribution < -0.4 is 5.32 Å². The molecule has 20 heavy (non-hydrogen) atoms. The number of fused-ring (bicyclic) bond motifs is 1. The van der Waals surface area contributed by atoms with Crippen molar-refractivity contribution in [3.8, 4) is 0 Å². The van der Waals surface area contributed by atoms with E-state index in [0.717, 1.165) is 12.8 Å². The second-order valence-corrected chi connectivity index (χ2v) is 6.54. The van der Waals surface area contributed by atoms with Crippen molar-refractivity contribution in [1.82, 2.24) is 10.2 Å². The van der Waals surface area contributed by atoms with Crippen LogP contribution in [0, 0.1) is 0 Å². The number of aryl methyl sites for hydroxylation is 2. The van der Waals surface area contributed by atoms with E-state index in [2.05, 4.69) is 5.32 Å². The van der Waals surface area contributed by atoms with E-state index in [1.54, 1.807) is 16.2 Å². The molecule has 2 heterocycles. The van der Waals surface area contributed by atoms with Gasteiger partial charge in [0.1, 0.15) is 0 Å². The normalized spacial score (nSPS) is 18.4. The van der Waals surface area contributed by atoms with Crippen LogP contribution in [0.5, 0.6) is 0 Å². The van der Waals surface area contributed by atoms with Crippen molar-refractivity contribution in [2.45, 2.75) is 31.8 Å². The molecule has 108 valence electrons. The van der Waals surface area contributed by atoms with Gasteiger partial charge in [-0.05, 0) is 37.3 Å². The van der Waals surface area contributed by atoms with Gasteiger partial charge in [0.15, 0.2) is 0 Å². The molecular weight excluding hydrogens is 276 g/mol. The highest BCUT2D eigenvalue weighted by molar-refractivity contribution is 7.14. The van der Waals surface area contributed by atoms with Gasteiger partial charge in [0, 0.05) is 18.0 Å². The van der Waals surface area contributed by atoms with Crippen molar-refractivity contribution in [3.63, 3.8) is 0 Å². The number of hydrogen-bond donors (Lipinski definition) is 2. The summed E-state index contributed by atoms with van der Waals surface area (Å²) in [5.74, 6) is -0.302. The minimum Gasteiger partial charge on any atom is -0.389 e. The quantitative estimate of drug-likeness (QED) is 0.856. The first-order valence-corrected chi connectivity index (χ1v) is 7.81. The van der Waals surface area contributed by atoms with Crippen LogP contribution in [0.2, 0.25) is 0 Å². The standard InChI is InChI=1S/C14H18N2O3S/c17-10-7-16(8-10)13(18)6-15-14(19)12-5-9-3-1-2-4-11(9)20-12/h5,10,17H,1-4,6-8H2,(H,15,19). The van der Waals surface area contributed by atoms with Crippen LogP contribution in [-0.2, 0) is 17.6 Å². The molecule has 0 radical (unpaired) electrons. The molecule has 5 nitrogen and oxygen atoms in total. The van der Waals surface area contributed by atoms with Gasteiger partial charge in [-0.1, -0.05) is 0 Å². The molecule has 1 aliphatic heterocycles. The second-order valence-electron chi connectivity index (χ2n) is 5.40. The fraction of sp³-hybridized carbons (Fsp3) is 0.571. The zero-order chi connectivity index (χ0) is 14.1. The predicted octanol–water partition coefficient (Wildman–Crippen LogP) is 0.560. The zero-order valence-corrected chi connectivity index (χ0v) is 12.0. The number of thiophene rings is 1. The summed E-state index contributed by atoms with van der Waals surface area (Å²) in [4.78, 5) is 27.3. The SMILES string of the molecule is O=C(NCC(=O)N1CC(O)C1)c1cc2c(s1)CCCC2. The van der Waals surface area contributed by atoms with Crippen molar-refractivity contribution in [2.24, 2.45) is 0 Å². The molecule has 0 atom stereocenters. The molecule has 2 N–H and O–H groups in total. The maximum Gasteiger partial charge on any atom is 0.261 e. The van der Waals surface area contributed by atoms with Gasteiger partial charge in [0.2, 0.25) is 5.91 Å². The summed E-state index contributed by atoms with van der Waals surface area (Å²) in [5, 5.41) is 11.8. The minimum atomic E-state index is -0.404. The van der Waals surface area contributed by atoms with Crippen molar-refractivity contribution in [3.05, 3.63) is 21.4 Å². The lowest BCUT2D eigenvalue weighted by Gasteiger charge is -2.35. The smallest absolute Gasteiger partial charge is 0.261 e. The predicted molar refractivity (Wildman–Crippen MR) is 75.9 cm³/mol. The van der Waals surface area contributed by atoms with Crippen LogP contribution in [0.15, 0.2) is 6.07 Å². The summed E-state index contributed by atoms with van der Waals surface area (Å²) in [6, 6.07) is 1.96. The molecule has 1 aliphatic carbocycles. The summed E-state index contributed by atoms with van der Waals surface area (Å²) in [6.45, 7) is 0.762. The summed E-state index contributed by atoms with van der Waals surface area (Å²) in [6.07, 6.45) is 4.12. The van der Waals surface area contributed by atoms with Crippen LogP contribution in [0.25, 0.3) is 0 Å². The Labute approximate surface area is 121 Å². The maximum atomic E-state index is 12.0. The van der Waals surface area contributed by atoms with Crippen LogP contribution in [0.3, 0.4) is 0 Å². The first-order chi connectivity index (χ1) is 9.63. The number of nitrogens with zero attached hydrogens (tertiary/aromatic N) is 1. The molecule has 0 saturated carbocycles. The van der Waals surface area contributed by atoms with E-state index >= 15 is 0 Å². The summed E-state index contributed by atoms with van der Waals surface area (Å²) < 4.78 is 0. The third-order valence-electron chi connectivity index (χ3n) is 3.84. The molecule has 1 aromatic heterocycles. The van der Waals surface area contributed by atoms with E-state index in [-0.39, 0.29) is 18.4 Å². The lowest BCUT2D eigenvalue weighted by Crippen LogP contribution is -2.55. The molecule has 0 spiro atoms. The number of likely N-dealkylation sites (tertiary alicyclic amines) is 1. The third kappa shape index (κ3) is 2.71. The van der Waals surface area contributed by atoms with E-state index in [1.807, 2.05) is 6.07 Å². The molecule has 0 aromatic carbocycles. The average Bonchev–Trinajstić information content (AvgIpc) is 2.84. The molecule has 1 fully saturated rings. The number of amides is 2. The highest BCUT2D eigenvalue weighted by atomic mass is 32.1. The molecule has 1 aromatic rings. The topological polar surface area (TPSA) is 69.6 Å². The minimum absolute atomic E-state index is 0.00806. The van der Waals surface area contributed by atoms with Crippen molar-refractivity contribution in [1.29, 1.82) is 0 Å². The zero-order valence-electron chi connectivity index (χ0n) is 11.2. The van der Waals surface area contributed by atoms with Crippen LogP contribution >= 0.6 is 11.3 Å². The number of hydrogen-bond acceptors (Lipinski definition) is 4. The van der Waals surface area contributed by atoms with Crippen LogP contribution in [0.4, 0.5) is 0 Å². The lowest BCUT2D eigenvalue weighted by atomic mass is 9.99. The van der Waals surface area contributed by atoms with Crippen molar-refractivity contribution < 1.29 is 14.7 Å². The largest absolute Gasteiger partial charge is 0.389 e.